The molecule has 1 N–H and O–H groups in total. The maximum absolute atomic E-state index is 10.7. The minimum absolute atomic E-state index is 0.371. The van der Waals surface area contributed by atoms with E-state index in [2.05, 4.69) is 4.99 Å². The van der Waals surface area contributed by atoms with Gasteiger partial charge in [0.15, 0.2) is 0 Å². The van der Waals surface area contributed by atoms with Crippen molar-refractivity contribution in [1.29, 1.82) is 0 Å². The number of carbonyl (C=O) groups is 1. The summed E-state index contributed by atoms with van der Waals surface area (Å²) in [5, 5.41) is 9.11. The number of rotatable bonds is 1. The highest BCUT2D eigenvalue weighted by Gasteiger charge is 2.16. The number of aliphatic hydroxyl groups is 1. The van der Waals surface area contributed by atoms with Crippen LogP contribution in [0.2, 0.25) is 0 Å². The Kier molecular flexibility index (Phi) is 2.90. The standard InChI is InChI=1S/C6H9NO3S/c1-4(8)5(9)10-6-7-2-3-11-6/h4,8H,2-3H2,1H3. The number of carbonyl (C=O) groups excluding carboxylic acids is 1. The summed E-state index contributed by atoms with van der Waals surface area (Å²) in [6.45, 7) is 2.05. The lowest BCUT2D eigenvalue weighted by Gasteiger charge is -2.03. The number of esters is 1. The maximum atomic E-state index is 10.7. The molecule has 0 bridgehead atoms. The quantitative estimate of drug-likeness (QED) is 0.570. The van der Waals surface area contributed by atoms with Crippen molar-refractivity contribution >= 4 is 23.0 Å². The van der Waals surface area contributed by atoms with Gasteiger partial charge in [-0.1, -0.05) is 11.8 Å². The molecule has 0 fully saturated rings. The van der Waals surface area contributed by atoms with Crippen LogP contribution in [0.1, 0.15) is 6.92 Å². The Morgan fingerprint density at radius 2 is 2.64 bits per heavy atom. The largest absolute Gasteiger partial charge is 0.400 e. The Bertz CT molecular complexity index is 190. The van der Waals surface area contributed by atoms with E-state index in [4.69, 9.17) is 9.84 Å². The van der Waals surface area contributed by atoms with Crippen LogP contribution in [-0.4, -0.2) is 34.7 Å². The Morgan fingerprint density at radius 3 is 3.09 bits per heavy atom. The SMILES string of the molecule is CC(O)C(=O)OC1=NCCS1. The lowest BCUT2D eigenvalue weighted by atomic mass is 10.4. The molecule has 0 aromatic rings. The molecule has 0 saturated carbocycles. The molecule has 1 unspecified atom stereocenters. The summed E-state index contributed by atoms with van der Waals surface area (Å²) >= 11 is 1.38. The van der Waals surface area contributed by atoms with Crippen LogP contribution in [0.15, 0.2) is 4.99 Å². The predicted molar refractivity (Wildman–Crippen MR) is 42.5 cm³/mol. The third-order valence-electron chi connectivity index (χ3n) is 1.09. The smallest absolute Gasteiger partial charge is 0.341 e. The van der Waals surface area contributed by atoms with E-state index < -0.39 is 12.1 Å². The molecule has 0 spiro atoms. The zero-order valence-electron chi connectivity index (χ0n) is 6.11. The molecule has 1 aliphatic heterocycles. The third-order valence-corrected chi connectivity index (χ3v) is 1.93. The van der Waals surface area contributed by atoms with Gasteiger partial charge in [0, 0.05) is 5.75 Å². The molecule has 1 rings (SSSR count). The average Bonchev–Trinajstić information content (AvgIpc) is 2.39. The highest BCUT2D eigenvalue weighted by molar-refractivity contribution is 8.13. The predicted octanol–water partition coefficient (Wildman–Crippen LogP) is 0.0132. The second-order valence-electron chi connectivity index (χ2n) is 2.09. The van der Waals surface area contributed by atoms with Crippen LogP contribution in [0.5, 0.6) is 0 Å². The number of ether oxygens (including phenoxy) is 1. The van der Waals surface area contributed by atoms with Gasteiger partial charge in [0.2, 0.25) is 0 Å². The van der Waals surface area contributed by atoms with E-state index in [1.165, 1.54) is 18.7 Å². The van der Waals surface area contributed by atoms with Gasteiger partial charge in [-0.05, 0) is 6.92 Å². The van der Waals surface area contributed by atoms with Gasteiger partial charge in [0.05, 0.1) is 6.54 Å². The van der Waals surface area contributed by atoms with Crippen molar-refractivity contribution in [2.45, 2.75) is 13.0 Å². The lowest BCUT2D eigenvalue weighted by molar-refractivity contribution is -0.143. The van der Waals surface area contributed by atoms with Crippen molar-refractivity contribution in [1.82, 2.24) is 0 Å². The van der Waals surface area contributed by atoms with Gasteiger partial charge < -0.3 is 9.84 Å². The van der Waals surface area contributed by atoms with E-state index in [0.717, 1.165) is 5.75 Å². The van der Waals surface area contributed by atoms with Crippen molar-refractivity contribution in [2.75, 3.05) is 12.3 Å². The Balaban J connectivity index is 2.35. The highest BCUT2D eigenvalue weighted by atomic mass is 32.2. The van der Waals surface area contributed by atoms with Crippen LogP contribution in [-0.2, 0) is 9.53 Å². The summed E-state index contributed by atoms with van der Waals surface area (Å²) in [5.74, 6) is 0.209. The highest BCUT2D eigenvalue weighted by Crippen LogP contribution is 2.12. The molecule has 1 aliphatic rings. The molecule has 1 heterocycles. The molecule has 0 aliphatic carbocycles. The van der Waals surface area contributed by atoms with Crippen molar-refractivity contribution in [3.63, 3.8) is 0 Å². The first kappa shape index (κ1) is 8.55. The monoisotopic (exact) mass is 175 g/mol. The van der Waals surface area contributed by atoms with Crippen molar-refractivity contribution in [2.24, 2.45) is 4.99 Å². The van der Waals surface area contributed by atoms with Crippen LogP contribution in [0, 0.1) is 0 Å². The molecule has 0 aromatic carbocycles. The van der Waals surface area contributed by atoms with Gasteiger partial charge >= 0.3 is 5.97 Å². The Hall–Kier alpha value is -0.550. The normalized spacial score (nSPS) is 19.3. The molecule has 5 heteroatoms. The van der Waals surface area contributed by atoms with Crippen LogP contribution in [0.4, 0.5) is 0 Å². The van der Waals surface area contributed by atoms with E-state index >= 15 is 0 Å². The number of nitrogens with zero attached hydrogens (tertiary/aromatic N) is 1. The zero-order valence-corrected chi connectivity index (χ0v) is 6.93. The van der Waals surface area contributed by atoms with Gasteiger partial charge in [-0.2, -0.15) is 0 Å². The van der Waals surface area contributed by atoms with E-state index in [9.17, 15) is 4.79 Å². The molecule has 0 radical (unpaired) electrons. The Labute approximate surface area is 68.6 Å². The lowest BCUT2D eigenvalue weighted by Crippen LogP contribution is -2.20. The fourth-order valence-corrected chi connectivity index (χ4v) is 1.23. The minimum atomic E-state index is -1.07. The van der Waals surface area contributed by atoms with Gasteiger partial charge in [-0.15, -0.1) is 0 Å². The third kappa shape index (κ3) is 2.51. The second kappa shape index (κ2) is 3.73. The fourth-order valence-electron chi connectivity index (χ4n) is 0.549. The van der Waals surface area contributed by atoms with Gasteiger partial charge in [-0.3, -0.25) is 0 Å². The minimum Gasteiger partial charge on any atom is -0.400 e. The summed E-state index contributed by atoms with van der Waals surface area (Å²) < 4.78 is 4.70. The maximum Gasteiger partial charge on any atom is 0.341 e. The summed E-state index contributed by atoms with van der Waals surface area (Å²) in [7, 11) is 0. The van der Waals surface area contributed by atoms with E-state index in [1.807, 2.05) is 0 Å². The second-order valence-corrected chi connectivity index (χ2v) is 3.14. The van der Waals surface area contributed by atoms with Gasteiger partial charge in [0.1, 0.15) is 6.10 Å². The van der Waals surface area contributed by atoms with Crippen molar-refractivity contribution in [3.05, 3.63) is 0 Å². The average molecular weight is 175 g/mol. The Morgan fingerprint density at radius 1 is 1.91 bits per heavy atom. The topological polar surface area (TPSA) is 58.9 Å². The van der Waals surface area contributed by atoms with Crippen LogP contribution >= 0.6 is 11.8 Å². The molecule has 0 amide bonds. The van der Waals surface area contributed by atoms with E-state index in [1.54, 1.807) is 0 Å². The molecular weight excluding hydrogens is 166 g/mol. The zero-order chi connectivity index (χ0) is 8.27. The van der Waals surface area contributed by atoms with E-state index in [-0.39, 0.29) is 0 Å². The molecule has 4 nitrogen and oxygen atoms in total. The molecule has 0 aromatic heterocycles. The van der Waals surface area contributed by atoms with Crippen LogP contribution in [0.25, 0.3) is 0 Å². The summed E-state index contributed by atoms with van der Waals surface area (Å²) in [5.41, 5.74) is 0. The number of aliphatic hydroxyl groups excluding tert-OH is 1. The first-order valence-electron chi connectivity index (χ1n) is 3.27. The molecular formula is C6H9NO3S. The summed E-state index contributed by atoms with van der Waals surface area (Å²) in [6.07, 6.45) is -1.07. The fraction of sp³-hybridized carbons (Fsp3) is 0.667. The van der Waals surface area contributed by atoms with Crippen molar-refractivity contribution in [3.8, 4) is 0 Å². The van der Waals surface area contributed by atoms with Gasteiger partial charge in [0.25, 0.3) is 5.23 Å². The van der Waals surface area contributed by atoms with Crippen LogP contribution < -0.4 is 0 Å². The number of thioether (sulfide) groups is 1. The molecule has 62 valence electrons. The molecule has 11 heavy (non-hydrogen) atoms. The first-order valence-corrected chi connectivity index (χ1v) is 4.25. The number of hydrogen-bond donors (Lipinski definition) is 1. The van der Waals surface area contributed by atoms with Crippen LogP contribution in [0.3, 0.4) is 0 Å². The summed E-state index contributed by atoms with van der Waals surface area (Å²) in [6, 6.07) is 0. The first-order chi connectivity index (χ1) is 5.20. The molecule has 0 saturated heterocycles. The summed E-state index contributed by atoms with van der Waals surface area (Å²) in [4.78, 5) is 14.6. The van der Waals surface area contributed by atoms with Crippen molar-refractivity contribution < 1.29 is 14.6 Å². The van der Waals surface area contributed by atoms with E-state index in [0.29, 0.717) is 11.8 Å². The number of aliphatic imine (C=N–C) groups is 1. The van der Waals surface area contributed by atoms with Gasteiger partial charge in [-0.25, -0.2) is 9.79 Å². The number of hydrogen-bond acceptors (Lipinski definition) is 5. The molecule has 1 atom stereocenters.